The van der Waals surface area contributed by atoms with Crippen LogP contribution in [0, 0.1) is 13.8 Å². The normalized spacial score (nSPS) is 11.3. The van der Waals surface area contributed by atoms with Crippen molar-refractivity contribution in [1.82, 2.24) is 24.7 Å². The first-order valence-electron chi connectivity index (χ1n) is 9.88. The van der Waals surface area contributed by atoms with Crippen molar-refractivity contribution in [1.29, 1.82) is 0 Å². The van der Waals surface area contributed by atoms with Gasteiger partial charge in [-0.25, -0.2) is 4.98 Å². The molecule has 3 aromatic heterocycles. The van der Waals surface area contributed by atoms with Crippen LogP contribution in [0.5, 0.6) is 0 Å². The summed E-state index contributed by atoms with van der Waals surface area (Å²) in [5.74, 6) is 1.86. The molecule has 0 saturated carbocycles. The number of rotatable bonds is 5. The first kappa shape index (κ1) is 20.9. The lowest BCUT2D eigenvalue weighted by molar-refractivity contribution is 0.865. The summed E-state index contributed by atoms with van der Waals surface area (Å²) < 4.78 is 2.01. The second-order valence-electron chi connectivity index (χ2n) is 7.31. The number of H-pyrrole nitrogens is 1. The minimum atomic E-state index is -0.168. The number of thiophene rings is 1. The molecule has 6 nitrogen and oxygen atoms in total. The molecule has 0 radical (unpaired) electrons. The third kappa shape index (κ3) is 3.85. The van der Waals surface area contributed by atoms with Gasteiger partial charge < -0.3 is 4.98 Å². The largest absolute Gasteiger partial charge is 0.309 e. The first-order chi connectivity index (χ1) is 15.5. The minimum absolute atomic E-state index is 0.168. The Morgan fingerprint density at radius 2 is 1.94 bits per heavy atom. The smallest absolute Gasteiger partial charge is 0.260 e. The molecule has 5 rings (SSSR count). The number of nitrogens with zero attached hydrogens (tertiary/aromatic N) is 4. The van der Waals surface area contributed by atoms with E-state index >= 15 is 0 Å². The lowest BCUT2D eigenvalue weighted by atomic mass is 10.1. The number of nitrogens with one attached hydrogen (secondary N) is 1. The molecule has 9 heteroatoms. The van der Waals surface area contributed by atoms with E-state index in [0.717, 1.165) is 33.4 Å². The van der Waals surface area contributed by atoms with Crippen molar-refractivity contribution in [2.75, 3.05) is 0 Å². The number of benzene rings is 2. The number of aryl methyl sites for hydroxylation is 2. The molecule has 0 aliphatic carbocycles. The van der Waals surface area contributed by atoms with Crippen LogP contribution in [-0.4, -0.2) is 24.7 Å². The highest BCUT2D eigenvalue weighted by Crippen LogP contribution is 2.35. The summed E-state index contributed by atoms with van der Waals surface area (Å²) >= 11 is 9.27. The molecule has 0 aliphatic rings. The van der Waals surface area contributed by atoms with Crippen molar-refractivity contribution in [3.63, 3.8) is 0 Å². The van der Waals surface area contributed by atoms with Gasteiger partial charge in [0.25, 0.3) is 5.56 Å². The summed E-state index contributed by atoms with van der Waals surface area (Å²) in [4.78, 5) is 21.2. The van der Waals surface area contributed by atoms with Crippen molar-refractivity contribution in [2.45, 2.75) is 24.8 Å². The van der Waals surface area contributed by atoms with Crippen LogP contribution in [-0.2, 0) is 5.75 Å². The topological polar surface area (TPSA) is 76.5 Å². The zero-order chi connectivity index (χ0) is 22.2. The highest BCUT2D eigenvalue weighted by Gasteiger charge is 2.16. The molecule has 0 atom stereocenters. The van der Waals surface area contributed by atoms with E-state index in [1.807, 2.05) is 53.3 Å². The number of hydrogen-bond donors (Lipinski definition) is 1. The van der Waals surface area contributed by atoms with E-state index in [1.54, 1.807) is 0 Å². The van der Waals surface area contributed by atoms with Gasteiger partial charge in [-0.3, -0.25) is 9.36 Å². The lowest BCUT2D eigenvalue weighted by Gasteiger charge is -2.09. The Hall–Kier alpha value is -2.94. The van der Waals surface area contributed by atoms with Crippen LogP contribution in [0.3, 0.4) is 0 Å². The molecule has 3 heterocycles. The number of halogens is 1. The quantitative estimate of drug-likeness (QED) is 0.322. The van der Waals surface area contributed by atoms with Gasteiger partial charge in [0.1, 0.15) is 16.5 Å². The van der Waals surface area contributed by atoms with Gasteiger partial charge in [0.05, 0.1) is 11.1 Å². The standard InChI is InChI=1S/C23H18ClN5OS2/c1-13-6-5-7-15(10-13)29-14(2)27-28-23(29)32-12-19-25-21(30)20-17(11-31-22(20)26-19)16-8-3-4-9-18(16)24/h3-11H,12H2,1-2H3,(H,25,26,30). The fourth-order valence-corrected chi connectivity index (χ4v) is 5.64. The second kappa shape index (κ2) is 8.54. The maximum absolute atomic E-state index is 12.9. The molecule has 2 aromatic carbocycles. The Bertz CT molecular complexity index is 1500. The average molecular weight is 480 g/mol. The second-order valence-corrected chi connectivity index (χ2v) is 9.52. The Morgan fingerprint density at radius 3 is 2.75 bits per heavy atom. The van der Waals surface area contributed by atoms with Crippen LogP contribution in [0.4, 0.5) is 0 Å². The summed E-state index contributed by atoms with van der Waals surface area (Å²) in [5, 5.41) is 12.4. The van der Waals surface area contributed by atoms with Gasteiger partial charge in [0.2, 0.25) is 0 Å². The van der Waals surface area contributed by atoms with Crippen LogP contribution in [0.1, 0.15) is 17.2 Å². The molecule has 160 valence electrons. The maximum Gasteiger partial charge on any atom is 0.260 e. The Balaban J connectivity index is 1.46. The third-order valence-corrected chi connectivity index (χ3v) is 7.19. The predicted octanol–water partition coefficient (Wildman–Crippen LogP) is 5.79. The highest BCUT2D eigenvalue weighted by molar-refractivity contribution is 7.98. The number of fused-ring (bicyclic) bond motifs is 1. The number of aromatic amines is 1. The average Bonchev–Trinajstić information content (AvgIpc) is 3.36. The molecule has 32 heavy (non-hydrogen) atoms. The fraction of sp³-hybridized carbons (Fsp3) is 0.130. The van der Waals surface area contributed by atoms with E-state index < -0.39 is 0 Å². The molecule has 0 amide bonds. The zero-order valence-electron chi connectivity index (χ0n) is 17.3. The van der Waals surface area contributed by atoms with Crippen LogP contribution in [0.15, 0.2) is 63.9 Å². The van der Waals surface area contributed by atoms with E-state index in [-0.39, 0.29) is 5.56 Å². The highest BCUT2D eigenvalue weighted by atomic mass is 35.5. The van der Waals surface area contributed by atoms with Gasteiger partial charge in [0, 0.05) is 27.2 Å². The van der Waals surface area contributed by atoms with Gasteiger partial charge in [0.15, 0.2) is 5.16 Å². The molecule has 0 bridgehead atoms. The molecule has 5 aromatic rings. The summed E-state index contributed by atoms with van der Waals surface area (Å²) in [6.07, 6.45) is 0. The molecule has 0 spiro atoms. The molecule has 0 fully saturated rings. The van der Waals surface area contributed by atoms with Crippen LogP contribution >= 0.6 is 34.7 Å². The number of aromatic nitrogens is 5. The maximum atomic E-state index is 12.9. The third-order valence-electron chi connectivity index (χ3n) is 5.05. The lowest BCUT2D eigenvalue weighted by Crippen LogP contribution is -2.11. The summed E-state index contributed by atoms with van der Waals surface area (Å²) in [6, 6.07) is 15.7. The number of thioether (sulfide) groups is 1. The molecular formula is C23H18ClN5OS2. The molecule has 0 unspecified atom stereocenters. The Morgan fingerprint density at radius 1 is 1.09 bits per heavy atom. The van der Waals surface area contributed by atoms with Crippen molar-refractivity contribution < 1.29 is 0 Å². The van der Waals surface area contributed by atoms with Crippen molar-refractivity contribution in [3.8, 4) is 16.8 Å². The van der Waals surface area contributed by atoms with Gasteiger partial charge in [-0.1, -0.05) is 53.7 Å². The van der Waals surface area contributed by atoms with Crippen LogP contribution in [0.25, 0.3) is 27.0 Å². The fourth-order valence-electron chi connectivity index (χ4n) is 3.57. The Kier molecular flexibility index (Phi) is 5.58. The molecular weight excluding hydrogens is 462 g/mol. The van der Waals surface area contributed by atoms with Gasteiger partial charge >= 0.3 is 0 Å². The minimum Gasteiger partial charge on any atom is -0.309 e. The van der Waals surface area contributed by atoms with Crippen LogP contribution in [0.2, 0.25) is 5.02 Å². The van der Waals surface area contributed by atoms with Gasteiger partial charge in [-0.15, -0.1) is 21.5 Å². The van der Waals surface area contributed by atoms with Gasteiger partial charge in [-0.05, 0) is 37.6 Å². The number of hydrogen-bond acceptors (Lipinski definition) is 6. The SMILES string of the molecule is Cc1cccc(-n2c(C)nnc2SCc2nc3scc(-c4ccccc4Cl)c3c(=O)[nH]2)c1. The van der Waals surface area contributed by atoms with Crippen molar-refractivity contribution in [3.05, 3.63) is 86.5 Å². The van der Waals surface area contributed by atoms with Crippen molar-refractivity contribution in [2.24, 2.45) is 0 Å². The Labute approximate surface area is 197 Å². The monoisotopic (exact) mass is 479 g/mol. The van der Waals surface area contributed by atoms with E-state index in [9.17, 15) is 4.79 Å². The molecule has 0 aliphatic heterocycles. The van der Waals surface area contributed by atoms with Crippen molar-refractivity contribution >= 4 is 44.9 Å². The van der Waals surface area contributed by atoms with E-state index in [2.05, 4.69) is 34.2 Å². The molecule has 0 saturated heterocycles. The zero-order valence-corrected chi connectivity index (χ0v) is 19.7. The predicted molar refractivity (Wildman–Crippen MR) is 131 cm³/mol. The van der Waals surface area contributed by atoms with Crippen LogP contribution < -0.4 is 5.56 Å². The van der Waals surface area contributed by atoms with E-state index in [4.69, 9.17) is 16.6 Å². The summed E-state index contributed by atoms with van der Waals surface area (Å²) in [6.45, 7) is 3.98. The van der Waals surface area contributed by atoms with E-state index in [0.29, 0.717) is 26.8 Å². The summed E-state index contributed by atoms with van der Waals surface area (Å²) in [7, 11) is 0. The first-order valence-corrected chi connectivity index (χ1v) is 12.1. The van der Waals surface area contributed by atoms with Gasteiger partial charge in [-0.2, -0.15) is 0 Å². The van der Waals surface area contributed by atoms with E-state index in [1.165, 1.54) is 23.1 Å². The molecule has 1 N–H and O–H groups in total. The summed E-state index contributed by atoms with van der Waals surface area (Å²) in [5.41, 5.74) is 3.64.